The molecule has 0 atom stereocenters. The van der Waals surface area contributed by atoms with Gasteiger partial charge in [0.1, 0.15) is 0 Å². The zero-order valence-corrected chi connectivity index (χ0v) is 16.8. The second-order valence-corrected chi connectivity index (χ2v) is 7.95. The maximum absolute atomic E-state index is 12.7. The molecule has 0 radical (unpaired) electrons. The van der Waals surface area contributed by atoms with E-state index in [0.717, 1.165) is 29.4 Å². The van der Waals surface area contributed by atoms with Gasteiger partial charge in [-0.15, -0.1) is 10.2 Å². The Bertz CT molecular complexity index is 898. The number of fused-ring (bicyclic) bond motifs is 1. The van der Waals surface area contributed by atoms with Gasteiger partial charge in [-0.25, -0.2) is 4.79 Å². The fraction of sp³-hybridized carbons (Fsp3) is 0.429. The molecule has 1 fully saturated rings. The van der Waals surface area contributed by atoms with Crippen molar-refractivity contribution in [3.05, 3.63) is 47.3 Å². The summed E-state index contributed by atoms with van der Waals surface area (Å²) in [7, 11) is 0. The van der Waals surface area contributed by atoms with Gasteiger partial charge in [-0.1, -0.05) is 61.4 Å². The largest absolute Gasteiger partial charge is 0.462 e. The second kappa shape index (κ2) is 8.73. The molecule has 0 saturated heterocycles. The smallest absolute Gasteiger partial charge is 0.340 e. The minimum Gasteiger partial charge on any atom is -0.462 e. The minimum atomic E-state index is -0.346. The number of nitrogens with zero attached hydrogens (tertiary/aromatic N) is 4. The van der Waals surface area contributed by atoms with Crippen molar-refractivity contribution in [3.8, 4) is 0 Å². The lowest BCUT2D eigenvalue weighted by molar-refractivity contribution is -0.137. The Morgan fingerprint density at radius 3 is 2.75 bits per heavy atom. The predicted molar refractivity (Wildman–Crippen MR) is 110 cm³/mol. The van der Waals surface area contributed by atoms with Gasteiger partial charge < -0.3 is 4.74 Å². The number of thioether (sulfide) groups is 1. The minimum absolute atomic E-state index is 0.330. The fourth-order valence-electron chi connectivity index (χ4n) is 3.68. The molecule has 0 unspecified atom stereocenters. The monoisotopic (exact) mass is 396 g/mol. The van der Waals surface area contributed by atoms with Gasteiger partial charge in [0.15, 0.2) is 5.82 Å². The van der Waals surface area contributed by atoms with Crippen molar-refractivity contribution < 1.29 is 9.53 Å². The van der Waals surface area contributed by atoms with E-state index < -0.39 is 0 Å². The van der Waals surface area contributed by atoms with Crippen molar-refractivity contribution in [2.45, 2.75) is 50.1 Å². The highest BCUT2D eigenvalue weighted by Crippen LogP contribution is 2.34. The summed E-state index contributed by atoms with van der Waals surface area (Å²) in [5.74, 6) is 1.53. The molecule has 0 bridgehead atoms. The van der Waals surface area contributed by atoms with Gasteiger partial charge in [0.05, 0.1) is 17.9 Å². The maximum atomic E-state index is 12.7. The first-order valence-corrected chi connectivity index (χ1v) is 10.8. The third-order valence-electron chi connectivity index (χ3n) is 5.08. The summed E-state index contributed by atoms with van der Waals surface area (Å²) in [5, 5.41) is 14.4. The first-order chi connectivity index (χ1) is 13.8. The normalized spacial score (nSPS) is 17.8. The first-order valence-electron chi connectivity index (χ1n) is 9.86. The number of carbonyl (C=O) groups excluding carboxylic acids is 1. The van der Waals surface area contributed by atoms with Crippen LogP contribution in [0, 0.1) is 0 Å². The third kappa shape index (κ3) is 4.04. The molecule has 2 aliphatic rings. The lowest BCUT2D eigenvalue weighted by atomic mass is 9.89. The number of rotatable bonds is 5. The molecule has 2 aromatic rings. The third-order valence-corrected chi connectivity index (χ3v) is 6.01. The standard InChI is InChI=1S/C21H24N4O2S/c1-2-27-20(26)17(13-15-9-5-3-6-10-15)18-14-28-21-23-22-19(25(21)24-18)16-11-7-4-8-12-16/h3,5-6,9-10,13,16H,2,4,7-8,11-12,14H2,1H3/b17-13-. The van der Waals surface area contributed by atoms with Crippen LogP contribution in [0.1, 0.15) is 56.3 Å². The van der Waals surface area contributed by atoms with Crippen LogP contribution in [0.4, 0.5) is 0 Å². The van der Waals surface area contributed by atoms with Crippen molar-refractivity contribution in [1.82, 2.24) is 14.9 Å². The molecule has 0 spiro atoms. The lowest BCUT2D eigenvalue weighted by Gasteiger charge is -2.22. The van der Waals surface area contributed by atoms with Crippen LogP contribution in [-0.4, -0.2) is 38.9 Å². The molecule has 146 valence electrons. The van der Waals surface area contributed by atoms with Crippen molar-refractivity contribution in [3.63, 3.8) is 0 Å². The summed E-state index contributed by atoms with van der Waals surface area (Å²) >= 11 is 1.57. The van der Waals surface area contributed by atoms with Crippen molar-refractivity contribution in [1.29, 1.82) is 0 Å². The van der Waals surface area contributed by atoms with Crippen LogP contribution in [-0.2, 0) is 9.53 Å². The Kier molecular flexibility index (Phi) is 5.90. The molecule has 0 N–H and O–H groups in total. The van der Waals surface area contributed by atoms with Crippen LogP contribution in [0.15, 0.2) is 46.2 Å². The Labute approximate surface area is 169 Å². The molecule has 4 rings (SSSR count). The molecule has 1 aliphatic carbocycles. The molecule has 1 saturated carbocycles. The van der Waals surface area contributed by atoms with Gasteiger partial charge in [0.2, 0.25) is 5.16 Å². The van der Waals surface area contributed by atoms with Crippen LogP contribution in [0.25, 0.3) is 6.08 Å². The molecule has 6 nitrogen and oxygen atoms in total. The lowest BCUT2D eigenvalue weighted by Crippen LogP contribution is -2.22. The van der Waals surface area contributed by atoms with E-state index in [1.165, 1.54) is 19.3 Å². The van der Waals surface area contributed by atoms with Crippen molar-refractivity contribution >= 4 is 29.5 Å². The molecule has 1 aromatic carbocycles. The molecule has 7 heteroatoms. The molecule has 28 heavy (non-hydrogen) atoms. The summed E-state index contributed by atoms with van der Waals surface area (Å²) in [5.41, 5.74) is 2.14. The van der Waals surface area contributed by atoms with Crippen LogP contribution >= 0.6 is 11.8 Å². The molecule has 1 aromatic heterocycles. The molecule has 0 amide bonds. The van der Waals surface area contributed by atoms with E-state index in [2.05, 4.69) is 10.2 Å². The zero-order valence-electron chi connectivity index (χ0n) is 16.0. The number of esters is 1. The van der Waals surface area contributed by atoms with E-state index in [-0.39, 0.29) is 5.97 Å². The average molecular weight is 397 g/mol. The summed E-state index contributed by atoms with van der Waals surface area (Å²) in [6, 6.07) is 9.78. The molecular formula is C21H24N4O2S. The summed E-state index contributed by atoms with van der Waals surface area (Å²) in [6.07, 6.45) is 7.83. The quantitative estimate of drug-likeness (QED) is 0.557. The van der Waals surface area contributed by atoms with E-state index in [0.29, 0.717) is 29.6 Å². The molecule has 1 aliphatic heterocycles. The van der Waals surface area contributed by atoms with Crippen LogP contribution in [0.5, 0.6) is 0 Å². The van der Waals surface area contributed by atoms with Gasteiger partial charge in [0.25, 0.3) is 0 Å². The van der Waals surface area contributed by atoms with Gasteiger partial charge >= 0.3 is 5.97 Å². The number of benzene rings is 1. The number of aromatic nitrogens is 3. The first kappa shape index (κ1) is 18.9. The van der Waals surface area contributed by atoms with Gasteiger partial charge in [-0.05, 0) is 31.4 Å². The molecular weight excluding hydrogens is 372 g/mol. The van der Waals surface area contributed by atoms with Crippen LogP contribution in [0.3, 0.4) is 0 Å². The van der Waals surface area contributed by atoms with Crippen molar-refractivity contribution in [2.24, 2.45) is 5.10 Å². The number of carbonyl (C=O) groups is 1. The van der Waals surface area contributed by atoms with E-state index >= 15 is 0 Å². The number of ether oxygens (including phenoxy) is 1. The Morgan fingerprint density at radius 2 is 2.00 bits per heavy atom. The van der Waals surface area contributed by atoms with Gasteiger partial charge in [0, 0.05) is 11.7 Å². The number of hydrogen-bond acceptors (Lipinski definition) is 6. The topological polar surface area (TPSA) is 69.4 Å². The highest BCUT2D eigenvalue weighted by Gasteiger charge is 2.28. The SMILES string of the molecule is CCOC(=O)/C(=C\c1ccccc1)C1=Nn2c(nnc2C2CCCCC2)SC1. The van der Waals surface area contributed by atoms with Crippen LogP contribution < -0.4 is 0 Å². The van der Waals surface area contributed by atoms with E-state index in [1.807, 2.05) is 48.0 Å². The van der Waals surface area contributed by atoms with E-state index in [9.17, 15) is 4.79 Å². The Balaban J connectivity index is 1.71. The Hall–Kier alpha value is -2.41. The Morgan fingerprint density at radius 1 is 1.21 bits per heavy atom. The van der Waals surface area contributed by atoms with Gasteiger partial charge in [-0.3, -0.25) is 0 Å². The van der Waals surface area contributed by atoms with Crippen molar-refractivity contribution in [2.75, 3.05) is 12.4 Å². The average Bonchev–Trinajstić information content (AvgIpc) is 3.17. The highest BCUT2D eigenvalue weighted by atomic mass is 32.2. The van der Waals surface area contributed by atoms with Crippen LogP contribution in [0.2, 0.25) is 0 Å². The van der Waals surface area contributed by atoms with E-state index in [4.69, 9.17) is 9.84 Å². The van der Waals surface area contributed by atoms with E-state index in [1.54, 1.807) is 11.8 Å². The number of hydrogen-bond donors (Lipinski definition) is 0. The molecule has 2 heterocycles. The summed E-state index contributed by atoms with van der Waals surface area (Å²) < 4.78 is 7.15. The highest BCUT2D eigenvalue weighted by molar-refractivity contribution is 7.99. The second-order valence-electron chi connectivity index (χ2n) is 7.01. The fourth-order valence-corrected chi connectivity index (χ4v) is 4.51. The zero-order chi connectivity index (χ0) is 19.3. The summed E-state index contributed by atoms with van der Waals surface area (Å²) in [6.45, 7) is 2.14. The summed E-state index contributed by atoms with van der Waals surface area (Å²) in [4.78, 5) is 12.7. The predicted octanol–water partition coefficient (Wildman–Crippen LogP) is 4.28. The van der Waals surface area contributed by atoms with Gasteiger partial charge in [-0.2, -0.15) is 9.78 Å². The maximum Gasteiger partial charge on any atom is 0.340 e.